The first kappa shape index (κ1) is 22.2. The Bertz CT molecular complexity index is 1360. The first-order valence-corrected chi connectivity index (χ1v) is 11.9. The van der Waals surface area contributed by atoms with Crippen molar-refractivity contribution in [3.8, 4) is 0 Å². The second-order valence-electron chi connectivity index (χ2n) is 8.61. The Kier molecular flexibility index (Phi) is 5.84. The van der Waals surface area contributed by atoms with Crippen molar-refractivity contribution in [1.82, 2.24) is 19.8 Å². The summed E-state index contributed by atoms with van der Waals surface area (Å²) in [6, 6.07) is 17.0. The second-order valence-corrected chi connectivity index (χ2v) is 8.61. The number of anilines is 1. The van der Waals surface area contributed by atoms with E-state index in [-0.39, 0.29) is 18.2 Å². The van der Waals surface area contributed by atoms with Crippen LogP contribution in [0, 0.1) is 0 Å². The SMILES string of the molecule is CC.CC1c2ccc3ccccc3c2NC(C2=CC(c3nc4cccnc4o3)N(C)C=C2)N1C. The van der Waals surface area contributed by atoms with Crippen molar-refractivity contribution < 1.29 is 4.42 Å². The summed E-state index contributed by atoms with van der Waals surface area (Å²) < 4.78 is 6.00. The Labute approximate surface area is 200 Å². The third kappa shape index (κ3) is 3.64. The second kappa shape index (κ2) is 8.95. The molecule has 34 heavy (non-hydrogen) atoms. The lowest BCUT2D eigenvalue weighted by atomic mass is 9.93. The fourth-order valence-corrected chi connectivity index (χ4v) is 4.79. The number of nitrogens with zero attached hydrogens (tertiary/aromatic N) is 4. The van der Waals surface area contributed by atoms with Crippen LogP contribution in [0.3, 0.4) is 0 Å². The zero-order valence-corrected chi connectivity index (χ0v) is 20.4. The van der Waals surface area contributed by atoms with Crippen LogP contribution in [-0.2, 0) is 0 Å². The summed E-state index contributed by atoms with van der Waals surface area (Å²) in [5.74, 6) is 0.653. The molecule has 174 valence electrons. The van der Waals surface area contributed by atoms with Gasteiger partial charge in [0.1, 0.15) is 17.7 Å². The average molecular weight is 454 g/mol. The molecule has 3 atom stereocenters. The fourth-order valence-electron chi connectivity index (χ4n) is 4.79. The molecule has 0 amide bonds. The zero-order chi connectivity index (χ0) is 23.8. The molecule has 0 radical (unpaired) electrons. The number of aromatic nitrogens is 2. The van der Waals surface area contributed by atoms with Crippen LogP contribution >= 0.6 is 0 Å². The number of hydrogen-bond donors (Lipinski definition) is 1. The van der Waals surface area contributed by atoms with Crippen LogP contribution in [-0.4, -0.2) is 40.0 Å². The summed E-state index contributed by atoms with van der Waals surface area (Å²) in [7, 11) is 4.21. The Morgan fingerprint density at radius 1 is 1.00 bits per heavy atom. The Morgan fingerprint density at radius 3 is 2.65 bits per heavy atom. The maximum atomic E-state index is 6.00. The topological polar surface area (TPSA) is 57.4 Å². The Hall–Kier alpha value is -3.64. The van der Waals surface area contributed by atoms with Gasteiger partial charge in [0, 0.05) is 36.6 Å². The molecule has 6 nitrogen and oxygen atoms in total. The van der Waals surface area contributed by atoms with E-state index in [1.807, 2.05) is 33.0 Å². The third-order valence-corrected chi connectivity index (χ3v) is 6.75. The smallest absolute Gasteiger partial charge is 0.247 e. The minimum atomic E-state index is -0.0939. The molecule has 0 spiro atoms. The Morgan fingerprint density at radius 2 is 1.82 bits per heavy atom. The van der Waals surface area contributed by atoms with Crippen LogP contribution in [0.4, 0.5) is 5.69 Å². The van der Waals surface area contributed by atoms with E-state index >= 15 is 0 Å². The Balaban J connectivity index is 0.00000117. The van der Waals surface area contributed by atoms with Crippen molar-refractivity contribution in [3.63, 3.8) is 0 Å². The summed E-state index contributed by atoms with van der Waals surface area (Å²) in [4.78, 5) is 13.5. The van der Waals surface area contributed by atoms with E-state index in [9.17, 15) is 0 Å². The lowest BCUT2D eigenvalue weighted by Gasteiger charge is -2.42. The molecule has 0 aliphatic carbocycles. The average Bonchev–Trinajstić information content (AvgIpc) is 3.31. The van der Waals surface area contributed by atoms with Crippen LogP contribution < -0.4 is 5.32 Å². The van der Waals surface area contributed by atoms with Crippen LogP contribution in [0.1, 0.15) is 44.3 Å². The van der Waals surface area contributed by atoms with Gasteiger partial charge in [0.15, 0.2) is 0 Å². The molecule has 0 bridgehead atoms. The van der Waals surface area contributed by atoms with Crippen molar-refractivity contribution in [2.45, 2.75) is 39.0 Å². The highest BCUT2D eigenvalue weighted by Crippen LogP contribution is 2.41. The number of likely N-dealkylation sites (N-methyl/N-ethyl adjacent to an activating group) is 2. The molecule has 2 aliphatic heterocycles. The summed E-state index contributed by atoms with van der Waals surface area (Å²) >= 11 is 0. The van der Waals surface area contributed by atoms with E-state index in [2.05, 4.69) is 88.8 Å². The minimum absolute atomic E-state index is 0.0401. The molecule has 1 N–H and O–H groups in total. The summed E-state index contributed by atoms with van der Waals surface area (Å²) in [5, 5.41) is 6.34. The molecule has 4 aromatic rings. The highest BCUT2D eigenvalue weighted by molar-refractivity contribution is 5.96. The van der Waals surface area contributed by atoms with E-state index in [1.165, 1.54) is 27.6 Å². The van der Waals surface area contributed by atoms with Gasteiger partial charge in [0.25, 0.3) is 0 Å². The summed E-state index contributed by atoms with van der Waals surface area (Å²) in [6.45, 7) is 6.27. The molecule has 6 rings (SSSR count). The monoisotopic (exact) mass is 453 g/mol. The van der Waals surface area contributed by atoms with Crippen LogP contribution in [0.2, 0.25) is 0 Å². The number of nitrogens with one attached hydrogen (secondary N) is 1. The molecule has 2 aromatic heterocycles. The standard InChI is InChI=1S/C26H25N5O.C2H6/c1-16-19-11-10-17-7-4-5-8-20(17)23(19)29-24(31(16)3)18-12-14-30(2)22(15-18)26-28-21-9-6-13-27-25(21)32-26;1-2/h4-16,22,24,29H,1-3H3;1-2H3. The normalized spacial score (nSPS) is 22.1. The van der Waals surface area contributed by atoms with Gasteiger partial charge in [-0.25, -0.2) is 9.97 Å². The van der Waals surface area contributed by atoms with Gasteiger partial charge >= 0.3 is 0 Å². The molecule has 2 aromatic carbocycles. The number of rotatable bonds is 2. The highest BCUT2D eigenvalue weighted by Gasteiger charge is 2.33. The molecular formula is C28H31N5O. The van der Waals surface area contributed by atoms with Gasteiger partial charge in [-0.05, 0) is 54.8 Å². The van der Waals surface area contributed by atoms with Crippen molar-refractivity contribution >= 4 is 27.7 Å². The summed E-state index contributed by atoms with van der Waals surface area (Å²) in [6.07, 6.45) is 8.28. The van der Waals surface area contributed by atoms with Gasteiger partial charge in [-0.2, -0.15) is 0 Å². The van der Waals surface area contributed by atoms with Gasteiger partial charge < -0.3 is 14.6 Å². The number of oxazole rings is 1. The van der Waals surface area contributed by atoms with Crippen molar-refractivity contribution in [2.24, 2.45) is 0 Å². The van der Waals surface area contributed by atoms with Gasteiger partial charge in [0.05, 0.1) is 0 Å². The van der Waals surface area contributed by atoms with Crippen LogP contribution in [0.5, 0.6) is 0 Å². The van der Waals surface area contributed by atoms with Crippen molar-refractivity contribution in [3.05, 3.63) is 90.1 Å². The number of pyridine rings is 1. The number of hydrogen-bond acceptors (Lipinski definition) is 6. The highest BCUT2D eigenvalue weighted by atomic mass is 16.4. The van der Waals surface area contributed by atoms with Gasteiger partial charge in [-0.3, -0.25) is 4.90 Å². The predicted molar refractivity (Wildman–Crippen MR) is 138 cm³/mol. The fraction of sp³-hybridized carbons (Fsp3) is 0.286. The van der Waals surface area contributed by atoms with Gasteiger partial charge in [-0.15, -0.1) is 0 Å². The van der Waals surface area contributed by atoms with Crippen LogP contribution in [0.25, 0.3) is 22.0 Å². The lowest BCUT2D eigenvalue weighted by Crippen LogP contribution is -2.45. The molecule has 3 unspecified atom stereocenters. The first-order chi connectivity index (χ1) is 16.6. The van der Waals surface area contributed by atoms with Gasteiger partial charge in [0.2, 0.25) is 11.6 Å². The van der Waals surface area contributed by atoms with E-state index in [1.54, 1.807) is 6.20 Å². The van der Waals surface area contributed by atoms with Gasteiger partial charge in [-0.1, -0.05) is 50.2 Å². The third-order valence-electron chi connectivity index (χ3n) is 6.75. The number of benzene rings is 2. The van der Waals surface area contributed by atoms with Crippen molar-refractivity contribution in [2.75, 3.05) is 19.4 Å². The molecule has 0 saturated carbocycles. The summed E-state index contributed by atoms with van der Waals surface area (Å²) in [5.41, 5.74) is 5.08. The maximum absolute atomic E-state index is 6.00. The predicted octanol–water partition coefficient (Wildman–Crippen LogP) is 6.27. The first-order valence-electron chi connectivity index (χ1n) is 11.9. The zero-order valence-electron chi connectivity index (χ0n) is 20.4. The molecule has 2 aliphatic rings. The minimum Gasteiger partial charge on any atom is -0.420 e. The molecule has 4 heterocycles. The van der Waals surface area contributed by atoms with E-state index in [0.717, 1.165) is 5.52 Å². The van der Waals surface area contributed by atoms with E-state index < -0.39 is 0 Å². The van der Waals surface area contributed by atoms with Crippen LogP contribution in [0.15, 0.2) is 83.1 Å². The molecular weight excluding hydrogens is 422 g/mol. The largest absolute Gasteiger partial charge is 0.420 e. The quantitative estimate of drug-likeness (QED) is 0.386. The molecule has 6 heteroatoms. The van der Waals surface area contributed by atoms with E-state index in [0.29, 0.717) is 11.6 Å². The molecule has 0 fully saturated rings. The molecule has 0 saturated heterocycles. The van der Waals surface area contributed by atoms with E-state index in [4.69, 9.17) is 9.40 Å². The van der Waals surface area contributed by atoms with Crippen molar-refractivity contribution in [1.29, 1.82) is 0 Å². The lowest BCUT2D eigenvalue weighted by molar-refractivity contribution is 0.216. The maximum Gasteiger partial charge on any atom is 0.247 e. The number of fused-ring (bicyclic) bond motifs is 4.